The van der Waals surface area contributed by atoms with Gasteiger partial charge in [0.05, 0.1) is 12.5 Å². The molecule has 19 heavy (non-hydrogen) atoms. The molecule has 0 aromatic rings. The highest BCUT2D eigenvalue weighted by atomic mass is 32.2. The second-order valence-corrected chi connectivity index (χ2v) is 6.32. The molecule has 0 aliphatic heterocycles. The van der Waals surface area contributed by atoms with Crippen LogP contribution in [0.25, 0.3) is 0 Å². The highest BCUT2D eigenvalue weighted by Crippen LogP contribution is 2.12. The van der Waals surface area contributed by atoms with Gasteiger partial charge in [0.25, 0.3) is 10.2 Å². The Morgan fingerprint density at radius 3 is 2.26 bits per heavy atom. The Bertz CT molecular complexity index is 367. The van der Waals surface area contributed by atoms with E-state index >= 15 is 0 Å². The van der Waals surface area contributed by atoms with Gasteiger partial charge in [-0.05, 0) is 5.92 Å². The first-order valence-electron chi connectivity index (χ1n) is 6.35. The van der Waals surface area contributed by atoms with Gasteiger partial charge in [-0.15, -0.1) is 0 Å². The van der Waals surface area contributed by atoms with Crippen molar-refractivity contribution in [1.82, 2.24) is 9.03 Å². The molecular weight excluding hydrogens is 272 g/mol. The summed E-state index contributed by atoms with van der Waals surface area (Å²) in [6.45, 7) is 3.70. The third-order valence-electron chi connectivity index (χ3n) is 3.12. The van der Waals surface area contributed by atoms with Crippen molar-refractivity contribution in [3.05, 3.63) is 0 Å². The standard InChI is InChI=1S/C11H24N2O5S/c1-4-9(5-2)10(14)8-12-19(17,18)13(3)7-6-11(15)16/h9-10,12,14H,4-8H2,1-3H3,(H,15,16). The van der Waals surface area contributed by atoms with Gasteiger partial charge < -0.3 is 10.2 Å². The summed E-state index contributed by atoms with van der Waals surface area (Å²) in [6, 6.07) is 0. The normalized spacial score (nSPS) is 14.0. The molecule has 7 nitrogen and oxygen atoms in total. The monoisotopic (exact) mass is 296 g/mol. The molecule has 0 heterocycles. The van der Waals surface area contributed by atoms with Gasteiger partial charge >= 0.3 is 5.97 Å². The Hall–Kier alpha value is -0.700. The van der Waals surface area contributed by atoms with Crippen molar-refractivity contribution >= 4 is 16.2 Å². The summed E-state index contributed by atoms with van der Waals surface area (Å²) in [5.41, 5.74) is 0. The van der Waals surface area contributed by atoms with Gasteiger partial charge in [-0.1, -0.05) is 26.7 Å². The van der Waals surface area contributed by atoms with Gasteiger partial charge in [-0.3, -0.25) is 4.79 Å². The summed E-state index contributed by atoms with van der Waals surface area (Å²) in [5.74, 6) is -1.01. The highest BCUT2D eigenvalue weighted by molar-refractivity contribution is 7.87. The first kappa shape index (κ1) is 18.3. The van der Waals surface area contributed by atoms with E-state index in [9.17, 15) is 18.3 Å². The molecule has 3 N–H and O–H groups in total. The van der Waals surface area contributed by atoms with Crippen LogP contribution in [0.3, 0.4) is 0 Å². The maximum absolute atomic E-state index is 11.8. The number of aliphatic hydroxyl groups is 1. The summed E-state index contributed by atoms with van der Waals surface area (Å²) in [7, 11) is -2.44. The van der Waals surface area contributed by atoms with E-state index in [1.165, 1.54) is 7.05 Å². The lowest BCUT2D eigenvalue weighted by Crippen LogP contribution is -2.43. The molecule has 0 saturated carbocycles. The van der Waals surface area contributed by atoms with Crippen molar-refractivity contribution in [3.8, 4) is 0 Å². The Kier molecular flexibility index (Phi) is 8.15. The van der Waals surface area contributed by atoms with Crippen LogP contribution in [0.4, 0.5) is 0 Å². The summed E-state index contributed by atoms with van der Waals surface area (Å²) in [6.07, 6.45) is 0.548. The molecule has 8 heteroatoms. The third kappa shape index (κ3) is 6.86. The minimum atomic E-state index is -3.74. The van der Waals surface area contributed by atoms with Crippen LogP contribution in [-0.4, -0.2) is 55.1 Å². The first-order chi connectivity index (χ1) is 8.74. The Balaban J connectivity index is 4.33. The van der Waals surface area contributed by atoms with Gasteiger partial charge in [-0.25, -0.2) is 0 Å². The number of carboxylic acid groups (broad SMARTS) is 1. The average Bonchev–Trinajstić information content (AvgIpc) is 2.34. The molecule has 0 amide bonds. The van der Waals surface area contributed by atoms with Crippen molar-refractivity contribution in [2.45, 2.75) is 39.2 Å². The lowest BCUT2D eigenvalue weighted by atomic mass is 9.97. The van der Waals surface area contributed by atoms with E-state index in [0.29, 0.717) is 0 Å². The summed E-state index contributed by atoms with van der Waals surface area (Å²) >= 11 is 0. The third-order valence-corrected chi connectivity index (χ3v) is 4.65. The number of aliphatic carboxylic acids is 1. The maximum atomic E-state index is 11.8. The number of rotatable bonds is 10. The number of nitrogens with zero attached hydrogens (tertiary/aromatic N) is 1. The first-order valence-corrected chi connectivity index (χ1v) is 7.79. The molecule has 0 aromatic heterocycles. The number of aliphatic hydroxyl groups excluding tert-OH is 1. The lowest BCUT2D eigenvalue weighted by Gasteiger charge is -2.22. The van der Waals surface area contributed by atoms with Crippen LogP contribution in [0.2, 0.25) is 0 Å². The molecule has 0 aromatic carbocycles. The molecule has 0 radical (unpaired) electrons. The number of nitrogens with one attached hydrogen (secondary N) is 1. The van der Waals surface area contributed by atoms with E-state index in [1.54, 1.807) is 0 Å². The van der Waals surface area contributed by atoms with E-state index in [-0.39, 0.29) is 25.4 Å². The van der Waals surface area contributed by atoms with Gasteiger partial charge in [0, 0.05) is 20.1 Å². The fourth-order valence-corrected chi connectivity index (χ4v) is 2.61. The smallest absolute Gasteiger partial charge is 0.304 e. The van der Waals surface area contributed by atoms with E-state index in [0.717, 1.165) is 17.1 Å². The van der Waals surface area contributed by atoms with Crippen LogP contribution in [0, 0.1) is 5.92 Å². The average molecular weight is 296 g/mol. The second kappa shape index (κ2) is 8.47. The van der Waals surface area contributed by atoms with Crippen molar-refractivity contribution in [2.75, 3.05) is 20.1 Å². The Morgan fingerprint density at radius 1 is 1.32 bits per heavy atom. The molecule has 1 unspecified atom stereocenters. The summed E-state index contributed by atoms with van der Waals surface area (Å²) in [5, 5.41) is 18.3. The largest absolute Gasteiger partial charge is 0.481 e. The van der Waals surface area contributed by atoms with Gasteiger partial charge in [0.15, 0.2) is 0 Å². The second-order valence-electron chi connectivity index (χ2n) is 4.46. The minimum Gasteiger partial charge on any atom is -0.481 e. The summed E-state index contributed by atoms with van der Waals surface area (Å²) in [4.78, 5) is 10.4. The molecule has 0 rings (SSSR count). The predicted octanol–water partition coefficient (Wildman–Crippen LogP) is 0.0244. The maximum Gasteiger partial charge on any atom is 0.304 e. The van der Waals surface area contributed by atoms with E-state index < -0.39 is 22.3 Å². The molecule has 0 aliphatic carbocycles. The van der Waals surface area contributed by atoms with E-state index in [4.69, 9.17) is 5.11 Å². The van der Waals surface area contributed by atoms with Crippen molar-refractivity contribution in [2.24, 2.45) is 5.92 Å². The van der Waals surface area contributed by atoms with Crippen LogP contribution in [0.5, 0.6) is 0 Å². The van der Waals surface area contributed by atoms with Crippen LogP contribution < -0.4 is 4.72 Å². The Labute approximate surface area is 114 Å². The zero-order valence-corrected chi connectivity index (χ0v) is 12.5. The fraction of sp³-hybridized carbons (Fsp3) is 0.909. The van der Waals surface area contributed by atoms with Crippen LogP contribution in [0.1, 0.15) is 33.1 Å². The highest BCUT2D eigenvalue weighted by Gasteiger charge is 2.22. The molecular formula is C11H24N2O5S. The molecule has 0 saturated heterocycles. The molecule has 0 fully saturated rings. The number of hydrogen-bond donors (Lipinski definition) is 3. The van der Waals surface area contributed by atoms with Crippen LogP contribution in [-0.2, 0) is 15.0 Å². The lowest BCUT2D eigenvalue weighted by molar-refractivity contribution is -0.137. The van der Waals surface area contributed by atoms with E-state index in [2.05, 4.69) is 4.72 Å². The van der Waals surface area contributed by atoms with Gasteiger partial charge in [-0.2, -0.15) is 17.4 Å². The molecule has 114 valence electrons. The number of carbonyl (C=O) groups is 1. The zero-order valence-electron chi connectivity index (χ0n) is 11.7. The topological polar surface area (TPSA) is 107 Å². The Morgan fingerprint density at radius 2 is 1.84 bits per heavy atom. The number of hydrogen-bond acceptors (Lipinski definition) is 4. The van der Waals surface area contributed by atoms with Crippen molar-refractivity contribution < 1.29 is 23.4 Å². The summed E-state index contributed by atoms with van der Waals surface area (Å²) < 4.78 is 26.7. The molecule has 0 bridgehead atoms. The minimum absolute atomic E-state index is 0.0482. The predicted molar refractivity (Wildman–Crippen MR) is 71.9 cm³/mol. The molecule has 0 aliphatic rings. The molecule has 1 atom stereocenters. The molecule has 0 spiro atoms. The quantitative estimate of drug-likeness (QED) is 0.527. The van der Waals surface area contributed by atoms with Gasteiger partial charge in [0.2, 0.25) is 0 Å². The zero-order chi connectivity index (χ0) is 15.1. The van der Waals surface area contributed by atoms with Crippen LogP contribution in [0.15, 0.2) is 0 Å². The van der Waals surface area contributed by atoms with Crippen molar-refractivity contribution in [1.29, 1.82) is 0 Å². The SMILES string of the molecule is CCC(CC)C(O)CNS(=O)(=O)N(C)CCC(=O)O. The number of carboxylic acids is 1. The van der Waals surface area contributed by atoms with Crippen molar-refractivity contribution in [3.63, 3.8) is 0 Å². The van der Waals surface area contributed by atoms with E-state index in [1.807, 2.05) is 13.8 Å². The van der Waals surface area contributed by atoms with Gasteiger partial charge in [0.1, 0.15) is 0 Å². The fourth-order valence-electron chi connectivity index (χ4n) is 1.67. The van der Waals surface area contributed by atoms with Crippen LogP contribution >= 0.6 is 0 Å².